The smallest absolute Gasteiger partial charge is 0.0348 e. The largest absolute Gasteiger partial charge is 0.310 e. The minimum Gasteiger partial charge on any atom is -0.310 e. The first-order valence-electron chi connectivity index (χ1n) is 8.86. The third-order valence-corrected chi connectivity index (χ3v) is 4.87. The van der Waals surface area contributed by atoms with E-state index in [1.165, 1.54) is 49.7 Å². The van der Waals surface area contributed by atoms with Gasteiger partial charge in [-0.15, -0.1) is 0 Å². The fourth-order valence-electron chi connectivity index (χ4n) is 3.51. The summed E-state index contributed by atoms with van der Waals surface area (Å²) in [4.78, 5) is 0. The van der Waals surface area contributed by atoms with Gasteiger partial charge in [0.05, 0.1) is 0 Å². The summed E-state index contributed by atoms with van der Waals surface area (Å²) in [6, 6.07) is 9.95. The van der Waals surface area contributed by atoms with Gasteiger partial charge in [-0.2, -0.15) is 0 Å². The molecular formula is C20H33N. The van der Waals surface area contributed by atoms with Crippen molar-refractivity contribution in [2.45, 2.75) is 77.7 Å². The Kier molecular flexibility index (Phi) is 5.87. The van der Waals surface area contributed by atoms with Crippen LogP contribution in [0.3, 0.4) is 0 Å². The lowest BCUT2D eigenvalue weighted by Gasteiger charge is -2.32. The molecule has 118 valence electrons. The van der Waals surface area contributed by atoms with Gasteiger partial charge in [0.1, 0.15) is 0 Å². The monoisotopic (exact) mass is 287 g/mol. The van der Waals surface area contributed by atoms with E-state index >= 15 is 0 Å². The summed E-state index contributed by atoms with van der Waals surface area (Å²) in [5, 5.41) is 3.81. The lowest BCUT2D eigenvalue weighted by molar-refractivity contribution is 0.272. The molecule has 1 atom stereocenters. The first-order valence-corrected chi connectivity index (χ1v) is 8.86. The fraction of sp³-hybridized carbons (Fsp3) is 0.700. The summed E-state index contributed by atoms with van der Waals surface area (Å²) >= 11 is 0. The van der Waals surface area contributed by atoms with Crippen LogP contribution in [0, 0.1) is 5.92 Å². The first-order chi connectivity index (χ1) is 10.0. The summed E-state index contributed by atoms with van der Waals surface area (Å²) in [6.45, 7) is 10.2. The standard InChI is InChI=1S/C20H33N/c1-5-15-21-19(16-9-7-6-8-10-16)17-11-13-18(14-12-17)20(2,3)4/h11-14,16,19,21H,5-10,15H2,1-4H3. The highest BCUT2D eigenvalue weighted by Gasteiger charge is 2.24. The fourth-order valence-corrected chi connectivity index (χ4v) is 3.51. The van der Waals surface area contributed by atoms with Crippen LogP contribution in [0.2, 0.25) is 0 Å². The molecule has 1 fully saturated rings. The van der Waals surface area contributed by atoms with Gasteiger partial charge in [-0.1, -0.05) is 71.2 Å². The van der Waals surface area contributed by atoms with Crippen molar-refractivity contribution < 1.29 is 0 Å². The SMILES string of the molecule is CCCNC(c1ccc(C(C)(C)C)cc1)C1CCCCC1. The summed E-state index contributed by atoms with van der Waals surface area (Å²) in [5.41, 5.74) is 3.17. The molecule has 1 aromatic carbocycles. The Morgan fingerprint density at radius 3 is 2.19 bits per heavy atom. The van der Waals surface area contributed by atoms with Crippen molar-refractivity contribution in [2.75, 3.05) is 6.54 Å². The zero-order valence-electron chi connectivity index (χ0n) is 14.4. The third-order valence-electron chi connectivity index (χ3n) is 4.87. The second kappa shape index (κ2) is 7.45. The van der Waals surface area contributed by atoms with E-state index < -0.39 is 0 Å². The normalized spacial score (nSPS) is 18.7. The van der Waals surface area contributed by atoms with Crippen LogP contribution in [0.5, 0.6) is 0 Å². The van der Waals surface area contributed by atoms with E-state index in [1.807, 2.05) is 0 Å². The van der Waals surface area contributed by atoms with Crippen LogP contribution in [0.1, 0.15) is 83.4 Å². The Bertz CT molecular complexity index is 406. The van der Waals surface area contributed by atoms with Crippen molar-refractivity contribution in [3.05, 3.63) is 35.4 Å². The second-order valence-corrected chi connectivity index (χ2v) is 7.70. The minimum absolute atomic E-state index is 0.246. The predicted molar refractivity (Wildman–Crippen MR) is 92.8 cm³/mol. The van der Waals surface area contributed by atoms with E-state index in [-0.39, 0.29) is 5.41 Å². The van der Waals surface area contributed by atoms with Crippen LogP contribution >= 0.6 is 0 Å². The van der Waals surface area contributed by atoms with E-state index in [4.69, 9.17) is 0 Å². The number of nitrogens with one attached hydrogen (secondary N) is 1. The molecule has 0 radical (unpaired) electrons. The van der Waals surface area contributed by atoms with Crippen molar-refractivity contribution in [3.63, 3.8) is 0 Å². The maximum atomic E-state index is 3.81. The Morgan fingerprint density at radius 1 is 1.05 bits per heavy atom. The summed E-state index contributed by atoms with van der Waals surface area (Å²) in [7, 11) is 0. The molecule has 1 aliphatic rings. The van der Waals surface area contributed by atoms with E-state index in [1.54, 1.807) is 0 Å². The van der Waals surface area contributed by atoms with E-state index in [0.717, 1.165) is 12.5 Å². The average Bonchev–Trinajstić information content (AvgIpc) is 2.48. The van der Waals surface area contributed by atoms with Crippen molar-refractivity contribution in [1.29, 1.82) is 0 Å². The summed E-state index contributed by atoms with van der Waals surface area (Å²) in [6.07, 6.45) is 8.25. The van der Waals surface area contributed by atoms with Gasteiger partial charge in [-0.05, 0) is 48.3 Å². The van der Waals surface area contributed by atoms with Crippen LogP contribution in [-0.4, -0.2) is 6.54 Å². The summed E-state index contributed by atoms with van der Waals surface area (Å²) in [5.74, 6) is 0.825. The van der Waals surface area contributed by atoms with Crippen LogP contribution in [0.15, 0.2) is 24.3 Å². The maximum absolute atomic E-state index is 3.81. The molecule has 0 spiro atoms. The Balaban J connectivity index is 2.15. The molecule has 0 aromatic heterocycles. The average molecular weight is 287 g/mol. The van der Waals surface area contributed by atoms with E-state index in [2.05, 4.69) is 57.3 Å². The Morgan fingerprint density at radius 2 is 1.67 bits per heavy atom. The third kappa shape index (κ3) is 4.57. The highest BCUT2D eigenvalue weighted by molar-refractivity contribution is 5.29. The second-order valence-electron chi connectivity index (χ2n) is 7.70. The van der Waals surface area contributed by atoms with E-state index in [9.17, 15) is 0 Å². The summed E-state index contributed by atoms with van der Waals surface area (Å²) < 4.78 is 0. The van der Waals surface area contributed by atoms with E-state index in [0.29, 0.717) is 6.04 Å². The molecule has 0 aliphatic heterocycles. The lowest BCUT2D eigenvalue weighted by Crippen LogP contribution is -2.30. The van der Waals surface area contributed by atoms with Crippen molar-refractivity contribution >= 4 is 0 Å². The highest BCUT2D eigenvalue weighted by atomic mass is 14.9. The molecule has 1 nitrogen and oxygen atoms in total. The van der Waals surface area contributed by atoms with Gasteiger partial charge in [0.25, 0.3) is 0 Å². The molecule has 1 heteroatoms. The molecular weight excluding hydrogens is 254 g/mol. The van der Waals surface area contributed by atoms with Gasteiger partial charge in [0.2, 0.25) is 0 Å². The number of rotatable bonds is 5. The van der Waals surface area contributed by atoms with Gasteiger partial charge in [-0.3, -0.25) is 0 Å². The highest BCUT2D eigenvalue weighted by Crippen LogP contribution is 2.35. The number of hydrogen-bond donors (Lipinski definition) is 1. The van der Waals surface area contributed by atoms with Gasteiger partial charge < -0.3 is 5.32 Å². The van der Waals surface area contributed by atoms with Crippen LogP contribution in [0.25, 0.3) is 0 Å². The molecule has 21 heavy (non-hydrogen) atoms. The van der Waals surface area contributed by atoms with Gasteiger partial charge in [-0.25, -0.2) is 0 Å². The van der Waals surface area contributed by atoms with Crippen molar-refractivity contribution in [2.24, 2.45) is 5.92 Å². The van der Waals surface area contributed by atoms with Gasteiger partial charge in [0.15, 0.2) is 0 Å². The lowest BCUT2D eigenvalue weighted by atomic mass is 9.80. The topological polar surface area (TPSA) is 12.0 Å². The number of hydrogen-bond acceptors (Lipinski definition) is 1. The minimum atomic E-state index is 0.246. The molecule has 0 bridgehead atoms. The van der Waals surface area contributed by atoms with Crippen LogP contribution in [-0.2, 0) is 5.41 Å². The zero-order chi connectivity index (χ0) is 15.3. The molecule has 1 saturated carbocycles. The van der Waals surface area contributed by atoms with Crippen LogP contribution in [0.4, 0.5) is 0 Å². The maximum Gasteiger partial charge on any atom is 0.0348 e. The molecule has 0 heterocycles. The quantitative estimate of drug-likeness (QED) is 0.742. The zero-order valence-corrected chi connectivity index (χ0v) is 14.4. The molecule has 1 aromatic rings. The molecule has 1 aliphatic carbocycles. The molecule has 0 amide bonds. The first kappa shape index (κ1) is 16.5. The molecule has 1 N–H and O–H groups in total. The van der Waals surface area contributed by atoms with Crippen molar-refractivity contribution in [1.82, 2.24) is 5.32 Å². The predicted octanol–water partition coefficient (Wildman–Crippen LogP) is 5.61. The Hall–Kier alpha value is -0.820. The Labute approximate surface area is 131 Å². The van der Waals surface area contributed by atoms with Gasteiger partial charge in [0, 0.05) is 6.04 Å². The van der Waals surface area contributed by atoms with Crippen molar-refractivity contribution in [3.8, 4) is 0 Å². The van der Waals surface area contributed by atoms with Gasteiger partial charge >= 0.3 is 0 Å². The molecule has 2 rings (SSSR count). The molecule has 0 saturated heterocycles. The molecule has 1 unspecified atom stereocenters. The number of benzene rings is 1. The van der Waals surface area contributed by atoms with Crippen LogP contribution < -0.4 is 5.32 Å².